The Morgan fingerprint density at radius 2 is 0.933 bits per heavy atom. The van der Waals surface area contributed by atoms with Crippen molar-refractivity contribution in [2.45, 2.75) is 40.5 Å². The largest absolute Gasteiger partial charge is 0.361 e. The van der Waals surface area contributed by atoms with Crippen LogP contribution in [0.5, 0.6) is 0 Å². The molecule has 0 aliphatic rings. The van der Waals surface area contributed by atoms with E-state index < -0.39 is 15.2 Å². The van der Waals surface area contributed by atoms with Crippen LogP contribution in [0, 0.1) is 0 Å². The summed E-state index contributed by atoms with van der Waals surface area (Å²) in [6, 6.07) is 15.0. The Kier molecular flexibility index (Phi) is 9.96. The van der Waals surface area contributed by atoms with Gasteiger partial charge >= 0.3 is 15.2 Å². The Morgan fingerprint density at radius 3 is 1.23 bits per heavy atom. The van der Waals surface area contributed by atoms with Crippen molar-refractivity contribution in [2.75, 3.05) is 26.4 Å². The zero-order valence-electron chi connectivity index (χ0n) is 18.2. The van der Waals surface area contributed by atoms with Crippen LogP contribution < -0.4 is 10.6 Å². The lowest BCUT2D eigenvalue weighted by Crippen LogP contribution is -2.12. The predicted molar refractivity (Wildman–Crippen MR) is 121 cm³/mol. The molecule has 8 heteroatoms. The van der Waals surface area contributed by atoms with Crippen LogP contribution in [0.2, 0.25) is 0 Å². The van der Waals surface area contributed by atoms with Crippen molar-refractivity contribution in [3.05, 3.63) is 59.7 Å². The van der Waals surface area contributed by atoms with E-state index in [-0.39, 0.29) is 0 Å². The topological polar surface area (TPSA) is 71.1 Å². The van der Waals surface area contributed by atoms with Gasteiger partial charge in [0.05, 0.1) is 37.0 Å². The first-order valence-electron chi connectivity index (χ1n) is 10.4. The zero-order valence-corrected chi connectivity index (χ0v) is 20.0. The second-order valence-corrected chi connectivity index (χ2v) is 10.6. The molecule has 0 spiro atoms. The summed E-state index contributed by atoms with van der Waals surface area (Å²) in [5.41, 5.74) is 2.05. The standard InChI is InChI=1S/C22H32O6P2/c1-5-25-29(23,26-6-2)21-13-9-11-19(17-21)15-16-20-12-10-14-22(18-20)30(24,27-7-3)28-8-4/h9-14,17-18H,5-8,15-16H2,1-4H3. The van der Waals surface area contributed by atoms with Crippen LogP contribution in [0.15, 0.2) is 48.5 Å². The van der Waals surface area contributed by atoms with Crippen LogP contribution >= 0.6 is 15.2 Å². The first kappa shape index (κ1) is 25.0. The summed E-state index contributed by atoms with van der Waals surface area (Å²) in [6.07, 6.45) is 1.45. The SMILES string of the molecule is CCOP(=O)(OCC)c1cccc(CCc2cccc(P(=O)(OCC)OCC)c2)c1. The maximum absolute atomic E-state index is 13.0. The molecule has 0 amide bonds. The Hall–Kier alpha value is -1.26. The maximum atomic E-state index is 13.0. The van der Waals surface area contributed by atoms with Crippen molar-refractivity contribution in [3.8, 4) is 0 Å². The summed E-state index contributed by atoms with van der Waals surface area (Å²) < 4.78 is 47.8. The quantitative estimate of drug-likeness (QED) is 0.385. The minimum absolute atomic E-state index is 0.314. The van der Waals surface area contributed by atoms with Crippen molar-refractivity contribution in [1.82, 2.24) is 0 Å². The molecule has 2 aromatic carbocycles. The molecule has 0 aliphatic heterocycles. The van der Waals surface area contributed by atoms with Crippen molar-refractivity contribution in [1.29, 1.82) is 0 Å². The molecular formula is C22H32O6P2. The molecule has 2 rings (SSSR count). The van der Waals surface area contributed by atoms with E-state index in [9.17, 15) is 9.13 Å². The molecule has 0 fully saturated rings. The maximum Gasteiger partial charge on any atom is 0.361 e. The van der Waals surface area contributed by atoms with Gasteiger partial charge in [-0.25, -0.2) is 0 Å². The van der Waals surface area contributed by atoms with E-state index in [2.05, 4.69) is 0 Å². The van der Waals surface area contributed by atoms with Crippen molar-refractivity contribution in [2.24, 2.45) is 0 Å². The lowest BCUT2D eigenvalue weighted by atomic mass is 10.0. The molecular weight excluding hydrogens is 422 g/mol. The van der Waals surface area contributed by atoms with Gasteiger partial charge in [-0.2, -0.15) is 0 Å². The highest BCUT2D eigenvalue weighted by molar-refractivity contribution is 7.62. The van der Waals surface area contributed by atoms with Crippen molar-refractivity contribution in [3.63, 3.8) is 0 Å². The highest BCUT2D eigenvalue weighted by Crippen LogP contribution is 2.47. The van der Waals surface area contributed by atoms with E-state index in [4.69, 9.17) is 18.1 Å². The lowest BCUT2D eigenvalue weighted by molar-refractivity contribution is 0.229. The molecule has 2 aromatic rings. The molecule has 0 aliphatic carbocycles. The van der Waals surface area contributed by atoms with Crippen LogP contribution in [0.4, 0.5) is 0 Å². The first-order valence-corrected chi connectivity index (χ1v) is 13.5. The van der Waals surface area contributed by atoms with Gasteiger partial charge in [-0.1, -0.05) is 24.3 Å². The molecule has 0 saturated carbocycles. The number of hydrogen-bond acceptors (Lipinski definition) is 6. The summed E-state index contributed by atoms with van der Waals surface area (Å²) in [4.78, 5) is 0. The van der Waals surface area contributed by atoms with Gasteiger partial charge in [0.2, 0.25) is 0 Å². The fraction of sp³-hybridized carbons (Fsp3) is 0.455. The Morgan fingerprint density at radius 1 is 0.600 bits per heavy atom. The van der Waals surface area contributed by atoms with E-state index in [0.717, 1.165) is 24.0 Å². The smallest absolute Gasteiger partial charge is 0.305 e. The molecule has 6 nitrogen and oxygen atoms in total. The van der Waals surface area contributed by atoms with Crippen LogP contribution in [0.1, 0.15) is 38.8 Å². The molecule has 0 aromatic heterocycles. The normalized spacial score (nSPS) is 12.3. The monoisotopic (exact) mass is 454 g/mol. The summed E-state index contributed by atoms with van der Waals surface area (Å²) in [7, 11) is -6.62. The third-order valence-corrected chi connectivity index (χ3v) is 8.57. The zero-order chi connectivity index (χ0) is 22.0. The summed E-state index contributed by atoms with van der Waals surface area (Å²) in [5.74, 6) is 0. The fourth-order valence-electron chi connectivity index (χ4n) is 3.11. The summed E-state index contributed by atoms with van der Waals surface area (Å²) >= 11 is 0. The third kappa shape index (κ3) is 6.62. The number of benzene rings is 2. The van der Waals surface area contributed by atoms with Gasteiger partial charge in [0.15, 0.2) is 0 Å². The second-order valence-electron chi connectivity index (χ2n) is 6.51. The van der Waals surface area contributed by atoms with E-state index in [1.165, 1.54) is 0 Å². The molecule has 0 radical (unpaired) electrons. The molecule has 30 heavy (non-hydrogen) atoms. The summed E-state index contributed by atoms with van der Waals surface area (Å²) in [5, 5.41) is 1.13. The second kappa shape index (κ2) is 12.0. The predicted octanol–water partition coefficient (Wildman–Crippen LogP) is 5.25. The number of aryl methyl sites for hydroxylation is 2. The van der Waals surface area contributed by atoms with E-state index >= 15 is 0 Å². The minimum atomic E-state index is -3.31. The van der Waals surface area contributed by atoms with Gasteiger partial charge < -0.3 is 18.1 Å². The highest BCUT2D eigenvalue weighted by Gasteiger charge is 2.27. The van der Waals surface area contributed by atoms with Crippen molar-refractivity contribution >= 4 is 25.8 Å². The molecule has 0 bridgehead atoms. The molecule has 166 valence electrons. The van der Waals surface area contributed by atoms with Crippen LogP contribution in [-0.4, -0.2) is 26.4 Å². The Balaban J connectivity index is 2.18. The molecule has 0 N–H and O–H groups in total. The van der Waals surface area contributed by atoms with Crippen LogP contribution in [-0.2, 0) is 40.1 Å². The molecule has 0 heterocycles. The van der Waals surface area contributed by atoms with E-state index in [0.29, 0.717) is 37.0 Å². The number of hydrogen-bond donors (Lipinski definition) is 0. The van der Waals surface area contributed by atoms with Gasteiger partial charge in [-0.05, 0) is 75.9 Å². The van der Waals surface area contributed by atoms with Gasteiger partial charge in [0.25, 0.3) is 0 Å². The van der Waals surface area contributed by atoms with Crippen molar-refractivity contribution < 1.29 is 27.2 Å². The van der Waals surface area contributed by atoms with E-state index in [1.54, 1.807) is 39.8 Å². The molecule has 0 unspecified atom stereocenters. The Labute approximate surface area is 180 Å². The minimum Gasteiger partial charge on any atom is -0.305 e. The molecule has 0 atom stereocenters. The number of rotatable bonds is 13. The fourth-order valence-corrected chi connectivity index (χ4v) is 6.40. The van der Waals surface area contributed by atoms with Gasteiger partial charge in [-0.15, -0.1) is 0 Å². The average Bonchev–Trinajstić information content (AvgIpc) is 2.73. The average molecular weight is 454 g/mol. The van der Waals surface area contributed by atoms with E-state index in [1.807, 2.05) is 36.4 Å². The van der Waals surface area contributed by atoms with Gasteiger partial charge in [0.1, 0.15) is 0 Å². The Bertz CT molecular complexity index is 805. The highest BCUT2D eigenvalue weighted by atomic mass is 31.2. The first-order chi connectivity index (χ1) is 14.4. The molecule has 0 saturated heterocycles. The van der Waals surface area contributed by atoms with Gasteiger partial charge in [0, 0.05) is 0 Å². The van der Waals surface area contributed by atoms with Crippen LogP contribution in [0.25, 0.3) is 0 Å². The summed E-state index contributed by atoms with van der Waals surface area (Å²) in [6.45, 7) is 8.44. The van der Waals surface area contributed by atoms with Crippen LogP contribution in [0.3, 0.4) is 0 Å². The lowest BCUT2D eigenvalue weighted by Gasteiger charge is -2.18. The van der Waals surface area contributed by atoms with Gasteiger partial charge in [-0.3, -0.25) is 9.13 Å². The third-order valence-electron chi connectivity index (χ3n) is 4.35.